The van der Waals surface area contributed by atoms with E-state index >= 15 is 0 Å². The fourth-order valence-electron chi connectivity index (χ4n) is 3.81. The summed E-state index contributed by atoms with van der Waals surface area (Å²) in [6, 6.07) is 10.6. The molecule has 0 spiro atoms. The standard InChI is InChI=1S/C26H27ClN2O5S2/c1-3-32-22-11-17(12-23-25(31)29(26(35)36-23)14-19-5-4-10-33-19)7-9-21(22)34-15-24(30)28-18-8-6-16(2)20(27)13-18/h6-9,11-13,19H,3-5,10,14-15H2,1-2H3,(H,28,30)/b23-12-/t19-/m0/s1. The summed E-state index contributed by atoms with van der Waals surface area (Å²) in [6.45, 7) is 5.18. The van der Waals surface area contributed by atoms with Crippen molar-refractivity contribution in [1.82, 2.24) is 4.90 Å². The highest BCUT2D eigenvalue weighted by Crippen LogP contribution is 2.35. The van der Waals surface area contributed by atoms with Gasteiger partial charge in [0, 0.05) is 17.3 Å². The lowest BCUT2D eigenvalue weighted by Gasteiger charge is -2.18. The minimum atomic E-state index is -0.323. The van der Waals surface area contributed by atoms with Crippen LogP contribution in [-0.2, 0) is 14.3 Å². The van der Waals surface area contributed by atoms with E-state index in [1.807, 2.05) is 26.0 Å². The van der Waals surface area contributed by atoms with Gasteiger partial charge in [-0.15, -0.1) is 0 Å². The number of aryl methyl sites for hydroxylation is 1. The summed E-state index contributed by atoms with van der Waals surface area (Å²) in [5, 5.41) is 3.34. The zero-order valence-corrected chi connectivity index (χ0v) is 22.4. The molecule has 2 saturated heterocycles. The number of nitrogens with one attached hydrogen (secondary N) is 1. The third kappa shape index (κ3) is 6.59. The van der Waals surface area contributed by atoms with E-state index in [9.17, 15) is 9.59 Å². The van der Waals surface area contributed by atoms with Crippen molar-refractivity contribution >= 4 is 63.5 Å². The number of hydrogen-bond donors (Lipinski definition) is 1. The Morgan fingerprint density at radius 2 is 2.11 bits per heavy atom. The van der Waals surface area contributed by atoms with Crippen LogP contribution in [0, 0.1) is 6.92 Å². The number of thiocarbonyl (C=S) groups is 1. The summed E-state index contributed by atoms with van der Waals surface area (Å²) in [5.74, 6) is 0.465. The molecule has 1 N–H and O–H groups in total. The minimum absolute atomic E-state index is 0.0352. The van der Waals surface area contributed by atoms with Crippen molar-refractivity contribution in [3.8, 4) is 11.5 Å². The van der Waals surface area contributed by atoms with Gasteiger partial charge in [0.2, 0.25) is 0 Å². The van der Waals surface area contributed by atoms with Crippen molar-refractivity contribution in [1.29, 1.82) is 0 Å². The largest absolute Gasteiger partial charge is 0.490 e. The van der Waals surface area contributed by atoms with E-state index in [1.54, 1.807) is 35.2 Å². The molecule has 0 radical (unpaired) electrons. The number of nitrogens with zero attached hydrogens (tertiary/aromatic N) is 1. The maximum absolute atomic E-state index is 12.9. The normalized spacial score (nSPS) is 18.7. The number of amides is 2. The predicted octanol–water partition coefficient (Wildman–Crippen LogP) is 5.44. The van der Waals surface area contributed by atoms with Gasteiger partial charge in [-0.3, -0.25) is 14.5 Å². The second kappa shape index (κ2) is 12.1. The molecule has 10 heteroatoms. The average molecular weight is 547 g/mol. The molecule has 0 aliphatic carbocycles. The molecule has 0 unspecified atom stereocenters. The fraction of sp³-hybridized carbons (Fsp3) is 0.346. The van der Waals surface area contributed by atoms with Gasteiger partial charge < -0.3 is 19.5 Å². The molecule has 1 atom stereocenters. The topological polar surface area (TPSA) is 77.1 Å². The van der Waals surface area contributed by atoms with Crippen molar-refractivity contribution in [2.24, 2.45) is 0 Å². The molecule has 2 aliphatic rings. The Bertz CT molecular complexity index is 1200. The number of ether oxygens (including phenoxy) is 3. The third-order valence-electron chi connectivity index (χ3n) is 5.66. The number of halogens is 1. The molecule has 0 saturated carbocycles. The molecule has 7 nitrogen and oxygen atoms in total. The van der Waals surface area contributed by atoms with Gasteiger partial charge in [0.05, 0.1) is 24.2 Å². The van der Waals surface area contributed by atoms with E-state index < -0.39 is 0 Å². The smallest absolute Gasteiger partial charge is 0.266 e. The number of carbonyl (C=O) groups is 2. The summed E-state index contributed by atoms with van der Waals surface area (Å²) in [4.78, 5) is 27.5. The molecule has 2 heterocycles. The highest BCUT2D eigenvalue weighted by Gasteiger charge is 2.34. The Morgan fingerprint density at radius 1 is 1.28 bits per heavy atom. The van der Waals surface area contributed by atoms with Crippen LogP contribution >= 0.6 is 35.6 Å². The Labute approximate surface area is 225 Å². The zero-order chi connectivity index (χ0) is 25.7. The fourth-order valence-corrected chi connectivity index (χ4v) is 5.27. The van der Waals surface area contributed by atoms with E-state index in [1.165, 1.54) is 11.8 Å². The van der Waals surface area contributed by atoms with Crippen molar-refractivity contribution in [2.75, 3.05) is 31.7 Å². The Balaban J connectivity index is 1.41. The average Bonchev–Trinajstić information content (AvgIpc) is 3.45. The van der Waals surface area contributed by atoms with Crippen LogP contribution in [0.15, 0.2) is 41.3 Å². The van der Waals surface area contributed by atoms with E-state index in [4.69, 9.17) is 38.0 Å². The quantitative estimate of drug-likeness (QED) is 0.331. The molecular weight excluding hydrogens is 520 g/mol. The molecule has 36 heavy (non-hydrogen) atoms. The lowest BCUT2D eigenvalue weighted by Crippen LogP contribution is -2.35. The predicted molar refractivity (Wildman–Crippen MR) is 147 cm³/mol. The Hall–Kier alpha value is -2.59. The first-order chi connectivity index (χ1) is 17.3. The monoisotopic (exact) mass is 546 g/mol. The summed E-state index contributed by atoms with van der Waals surface area (Å²) in [7, 11) is 0. The van der Waals surface area contributed by atoms with Crippen molar-refractivity contribution < 1.29 is 23.8 Å². The molecule has 2 aliphatic heterocycles. The van der Waals surface area contributed by atoms with Crippen LogP contribution in [0.1, 0.15) is 30.9 Å². The van der Waals surface area contributed by atoms with Gasteiger partial charge in [0.15, 0.2) is 18.1 Å². The van der Waals surface area contributed by atoms with Crippen LogP contribution in [0.2, 0.25) is 5.02 Å². The zero-order valence-electron chi connectivity index (χ0n) is 20.0. The van der Waals surface area contributed by atoms with Crippen LogP contribution in [-0.4, -0.2) is 53.5 Å². The van der Waals surface area contributed by atoms with Crippen molar-refractivity contribution in [2.45, 2.75) is 32.8 Å². The van der Waals surface area contributed by atoms with Gasteiger partial charge in [0.1, 0.15) is 4.32 Å². The van der Waals surface area contributed by atoms with Crippen LogP contribution in [0.25, 0.3) is 6.08 Å². The highest BCUT2D eigenvalue weighted by atomic mass is 35.5. The van der Waals surface area contributed by atoms with Crippen LogP contribution in [0.3, 0.4) is 0 Å². The molecule has 2 fully saturated rings. The van der Waals surface area contributed by atoms with Crippen LogP contribution < -0.4 is 14.8 Å². The first-order valence-corrected chi connectivity index (χ1v) is 13.3. The highest BCUT2D eigenvalue weighted by molar-refractivity contribution is 8.26. The summed E-state index contributed by atoms with van der Waals surface area (Å²) < 4.78 is 17.6. The molecular formula is C26H27ClN2O5S2. The number of rotatable bonds is 9. The van der Waals surface area contributed by atoms with Gasteiger partial charge in [-0.25, -0.2) is 0 Å². The molecule has 190 valence electrons. The van der Waals surface area contributed by atoms with E-state index in [0.29, 0.717) is 44.6 Å². The van der Waals surface area contributed by atoms with Gasteiger partial charge in [0.25, 0.3) is 11.8 Å². The van der Waals surface area contributed by atoms with E-state index in [2.05, 4.69) is 5.32 Å². The van der Waals surface area contributed by atoms with E-state index in [-0.39, 0.29) is 24.5 Å². The van der Waals surface area contributed by atoms with E-state index in [0.717, 1.165) is 30.6 Å². The Morgan fingerprint density at radius 3 is 2.83 bits per heavy atom. The van der Waals surface area contributed by atoms with Gasteiger partial charge in [-0.2, -0.15) is 0 Å². The molecule has 0 aromatic heterocycles. The third-order valence-corrected chi connectivity index (χ3v) is 7.45. The molecule has 2 amide bonds. The number of anilines is 1. The lowest BCUT2D eigenvalue weighted by molar-refractivity contribution is -0.123. The summed E-state index contributed by atoms with van der Waals surface area (Å²) in [5.41, 5.74) is 2.29. The van der Waals surface area contributed by atoms with Gasteiger partial charge in [-0.1, -0.05) is 47.7 Å². The number of hydrogen-bond acceptors (Lipinski definition) is 7. The molecule has 0 bridgehead atoms. The number of benzene rings is 2. The Kier molecular flexibility index (Phi) is 8.90. The summed E-state index contributed by atoms with van der Waals surface area (Å²) in [6.07, 6.45) is 3.76. The van der Waals surface area contributed by atoms with Crippen molar-refractivity contribution in [3.63, 3.8) is 0 Å². The molecule has 2 aromatic carbocycles. The summed E-state index contributed by atoms with van der Waals surface area (Å²) >= 11 is 12.8. The van der Waals surface area contributed by atoms with Crippen molar-refractivity contribution in [3.05, 3.63) is 57.5 Å². The lowest BCUT2D eigenvalue weighted by atomic mass is 10.1. The van der Waals surface area contributed by atoms with Crippen LogP contribution in [0.4, 0.5) is 5.69 Å². The number of carbonyl (C=O) groups excluding carboxylic acids is 2. The maximum atomic E-state index is 12.9. The van der Waals surface area contributed by atoms with Gasteiger partial charge in [-0.05, 0) is 68.2 Å². The number of thioether (sulfide) groups is 1. The van der Waals surface area contributed by atoms with Gasteiger partial charge >= 0.3 is 0 Å². The second-order valence-electron chi connectivity index (χ2n) is 8.37. The molecule has 4 rings (SSSR count). The maximum Gasteiger partial charge on any atom is 0.266 e. The first-order valence-electron chi connectivity index (χ1n) is 11.7. The molecule has 2 aromatic rings. The SMILES string of the molecule is CCOc1cc(/C=C2\SC(=S)N(C[C@@H]3CCCO3)C2=O)ccc1OCC(=O)Nc1ccc(C)c(Cl)c1. The minimum Gasteiger partial charge on any atom is -0.490 e. The second-order valence-corrected chi connectivity index (χ2v) is 10.5. The van der Waals surface area contributed by atoms with Crippen LogP contribution in [0.5, 0.6) is 11.5 Å². The first kappa shape index (κ1) is 26.5.